The van der Waals surface area contributed by atoms with Crippen LogP contribution < -0.4 is 5.32 Å². The van der Waals surface area contributed by atoms with Crippen molar-refractivity contribution >= 4 is 17.8 Å². The van der Waals surface area contributed by atoms with Crippen molar-refractivity contribution in [1.82, 2.24) is 4.98 Å². The molecule has 0 aliphatic heterocycles. The summed E-state index contributed by atoms with van der Waals surface area (Å²) in [6.45, 7) is 6.23. The molecule has 1 aromatic carbocycles. The third-order valence-corrected chi connectivity index (χ3v) is 3.28. The summed E-state index contributed by atoms with van der Waals surface area (Å²) >= 11 is 0. The molecule has 0 saturated carbocycles. The van der Waals surface area contributed by atoms with E-state index in [-0.39, 0.29) is 5.91 Å². The monoisotopic (exact) mass is 280 g/mol. The van der Waals surface area contributed by atoms with E-state index in [1.165, 1.54) is 11.6 Å². The highest BCUT2D eigenvalue weighted by Gasteiger charge is 2.02. The molecule has 0 atom stereocenters. The molecule has 0 bridgehead atoms. The Hall–Kier alpha value is -2.42. The van der Waals surface area contributed by atoms with Gasteiger partial charge in [-0.25, -0.2) is 4.98 Å². The summed E-state index contributed by atoms with van der Waals surface area (Å²) in [7, 11) is 0. The van der Waals surface area contributed by atoms with Crippen molar-refractivity contribution in [2.24, 2.45) is 0 Å². The molecule has 2 rings (SSSR count). The molecule has 108 valence electrons. The molecule has 3 nitrogen and oxygen atoms in total. The smallest absolute Gasteiger partial charge is 0.249 e. The maximum atomic E-state index is 11.9. The van der Waals surface area contributed by atoms with Crippen LogP contribution in [0.15, 0.2) is 48.7 Å². The Kier molecular flexibility index (Phi) is 4.88. The van der Waals surface area contributed by atoms with E-state index in [4.69, 9.17) is 0 Å². The van der Waals surface area contributed by atoms with Gasteiger partial charge in [0.25, 0.3) is 0 Å². The quantitative estimate of drug-likeness (QED) is 0.854. The molecule has 3 heteroatoms. The molecule has 1 amide bonds. The minimum atomic E-state index is -0.176. The van der Waals surface area contributed by atoms with Crippen molar-refractivity contribution in [2.45, 2.75) is 26.7 Å². The average molecular weight is 280 g/mol. The topological polar surface area (TPSA) is 42.0 Å². The Morgan fingerprint density at radius 1 is 1.19 bits per heavy atom. The van der Waals surface area contributed by atoms with Crippen LogP contribution in [-0.2, 0) is 4.79 Å². The second-order valence-electron chi connectivity index (χ2n) is 5.31. The van der Waals surface area contributed by atoms with Crippen LogP contribution >= 0.6 is 0 Å². The lowest BCUT2D eigenvalue weighted by molar-refractivity contribution is -0.111. The number of aryl methyl sites for hydroxylation is 1. The number of benzene rings is 1. The number of hydrogen-bond donors (Lipinski definition) is 1. The van der Waals surface area contributed by atoms with Crippen molar-refractivity contribution in [3.05, 3.63) is 65.4 Å². The fourth-order valence-electron chi connectivity index (χ4n) is 1.94. The molecule has 0 aliphatic carbocycles. The molecular weight excluding hydrogens is 260 g/mol. The van der Waals surface area contributed by atoms with Crippen LogP contribution in [0.1, 0.15) is 36.5 Å². The summed E-state index contributed by atoms with van der Waals surface area (Å²) in [5.41, 5.74) is 3.24. The number of pyridine rings is 1. The number of aromatic nitrogens is 1. The summed E-state index contributed by atoms with van der Waals surface area (Å²) < 4.78 is 0. The van der Waals surface area contributed by atoms with E-state index in [2.05, 4.69) is 36.3 Å². The fourth-order valence-corrected chi connectivity index (χ4v) is 1.94. The first-order chi connectivity index (χ1) is 10.1. The van der Waals surface area contributed by atoms with Crippen LogP contribution in [0.5, 0.6) is 0 Å². The van der Waals surface area contributed by atoms with Gasteiger partial charge in [-0.3, -0.25) is 4.79 Å². The lowest BCUT2D eigenvalue weighted by Crippen LogP contribution is -2.10. The van der Waals surface area contributed by atoms with Crippen molar-refractivity contribution in [3.63, 3.8) is 0 Å². The molecule has 1 aromatic heterocycles. The van der Waals surface area contributed by atoms with Gasteiger partial charge in [-0.2, -0.15) is 0 Å². The summed E-state index contributed by atoms with van der Waals surface area (Å²) in [4.78, 5) is 16.0. The molecule has 21 heavy (non-hydrogen) atoms. The van der Waals surface area contributed by atoms with Gasteiger partial charge >= 0.3 is 0 Å². The van der Waals surface area contributed by atoms with Gasteiger partial charge in [0.2, 0.25) is 5.91 Å². The highest BCUT2D eigenvalue weighted by Crippen LogP contribution is 2.15. The lowest BCUT2D eigenvalue weighted by atomic mass is 10.0. The highest BCUT2D eigenvalue weighted by atomic mass is 16.1. The predicted molar refractivity (Wildman–Crippen MR) is 87.2 cm³/mol. The van der Waals surface area contributed by atoms with Gasteiger partial charge in [0.05, 0.1) is 0 Å². The number of anilines is 1. The van der Waals surface area contributed by atoms with Gasteiger partial charge in [0.1, 0.15) is 5.82 Å². The van der Waals surface area contributed by atoms with Gasteiger partial charge in [0, 0.05) is 12.3 Å². The third-order valence-electron chi connectivity index (χ3n) is 3.28. The molecule has 2 aromatic rings. The van der Waals surface area contributed by atoms with E-state index in [1.54, 1.807) is 12.3 Å². The summed E-state index contributed by atoms with van der Waals surface area (Å²) in [5.74, 6) is 0.936. The van der Waals surface area contributed by atoms with E-state index in [0.29, 0.717) is 11.7 Å². The van der Waals surface area contributed by atoms with Crippen LogP contribution in [0, 0.1) is 6.92 Å². The molecular formula is C18H20N2O. The van der Waals surface area contributed by atoms with E-state index >= 15 is 0 Å². The first-order valence-electron chi connectivity index (χ1n) is 7.07. The van der Waals surface area contributed by atoms with Gasteiger partial charge in [-0.15, -0.1) is 0 Å². The molecule has 0 spiro atoms. The number of nitrogens with zero attached hydrogens (tertiary/aromatic N) is 1. The van der Waals surface area contributed by atoms with Crippen LogP contribution in [0.4, 0.5) is 5.82 Å². The number of rotatable bonds is 4. The second kappa shape index (κ2) is 6.84. The Balaban J connectivity index is 2.00. The van der Waals surface area contributed by atoms with Gasteiger partial charge in [-0.05, 0) is 41.7 Å². The average Bonchev–Trinajstić information content (AvgIpc) is 2.48. The zero-order valence-corrected chi connectivity index (χ0v) is 12.6. The fraction of sp³-hybridized carbons (Fsp3) is 0.222. The van der Waals surface area contributed by atoms with Crippen LogP contribution in [0.25, 0.3) is 6.08 Å². The zero-order valence-electron chi connectivity index (χ0n) is 12.6. The number of nitrogens with one attached hydrogen (secondary N) is 1. The first kappa shape index (κ1) is 15.0. The number of hydrogen-bond acceptors (Lipinski definition) is 2. The predicted octanol–water partition coefficient (Wildman–Crippen LogP) is 4.17. The van der Waals surface area contributed by atoms with E-state index < -0.39 is 0 Å². The normalized spacial score (nSPS) is 11.0. The number of carbonyl (C=O) groups is 1. The Morgan fingerprint density at radius 2 is 1.90 bits per heavy atom. The minimum Gasteiger partial charge on any atom is -0.307 e. The highest BCUT2D eigenvalue weighted by molar-refractivity contribution is 6.01. The minimum absolute atomic E-state index is 0.176. The number of carbonyl (C=O) groups excluding carboxylic acids is 1. The zero-order chi connectivity index (χ0) is 15.2. The van der Waals surface area contributed by atoms with Crippen LogP contribution in [-0.4, -0.2) is 10.9 Å². The Bertz CT molecular complexity index is 643. The van der Waals surface area contributed by atoms with Crippen molar-refractivity contribution in [2.75, 3.05) is 5.32 Å². The third kappa shape index (κ3) is 4.28. The van der Waals surface area contributed by atoms with Crippen molar-refractivity contribution < 1.29 is 4.79 Å². The standard InChI is InChI=1S/C18H20N2O/c1-13(2)16-9-6-15(7-10-16)8-11-17(21)20-18-14(3)5-4-12-19-18/h4-13H,1-3H3,(H,19,20,21). The van der Waals surface area contributed by atoms with E-state index in [1.807, 2.05) is 31.2 Å². The largest absolute Gasteiger partial charge is 0.307 e. The Morgan fingerprint density at radius 3 is 2.52 bits per heavy atom. The summed E-state index contributed by atoms with van der Waals surface area (Å²) in [6, 6.07) is 12.0. The van der Waals surface area contributed by atoms with E-state index in [9.17, 15) is 4.79 Å². The first-order valence-corrected chi connectivity index (χ1v) is 7.07. The molecule has 0 fully saturated rings. The van der Waals surface area contributed by atoms with Crippen molar-refractivity contribution in [3.8, 4) is 0 Å². The SMILES string of the molecule is Cc1cccnc1NC(=O)C=Cc1ccc(C(C)C)cc1. The molecule has 0 aliphatic rings. The van der Waals surface area contributed by atoms with Gasteiger partial charge in [-0.1, -0.05) is 44.2 Å². The van der Waals surface area contributed by atoms with Gasteiger partial charge in [0.15, 0.2) is 0 Å². The second-order valence-corrected chi connectivity index (χ2v) is 5.31. The maximum absolute atomic E-state index is 11.9. The maximum Gasteiger partial charge on any atom is 0.249 e. The molecule has 0 radical (unpaired) electrons. The molecule has 1 heterocycles. The van der Waals surface area contributed by atoms with E-state index in [0.717, 1.165) is 11.1 Å². The lowest BCUT2D eigenvalue weighted by Gasteiger charge is -2.05. The molecule has 1 N–H and O–H groups in total. The van der Waals surface area contributed by atoms with Crippen LogP contribution in [0.2, 0.25) is 0 Å². The van der Waals surface area contributed by atoms with Crippen molar-refractivity contribution in [1.29, 1.82) is 0 Å². The summed E-state index contributed by atoms with van der Waals surface area (Å²) in [6.07, 6.45) is 4.99. The molecule has 0 saturated heterocycles. The number of amides is 1. The van der Waals surface area contributed by atoms with Gasteiger partial charge < -0.3 is 5.32 Å². The van der Waals surface area contributed by atoms with Crippen LogP contribution in [0.3, 0.4) is 0 Å². The summed E-state index contributed by atoms with van der Waals surface area (Å²) in [5, 5.41) is 2.77. The Labute approximate surface area is 125 Å². The molecule has 0 unspecified atom stereocenters.